The molecule has 0 fully saturated rings. The van der Waals surface area contributed by atoms with E-state index in [-0.39, 0.29) is 0 Å². The van der Waals surface area contributed by atoms with Crippen molar-refractivity contribution in [3.05, 3.63) is 29.8 Å². The maximum Gasteiger partial charge on any atom is 0.211 e. The van der Waals surface area contributed by atoms with E-state index in [1.807, 2.05) is 19.1 Å². The van der Waals surface area contributed by atoms with Crippen LogP contribution >= 0.6 is 0 Å². The molecule has 0 bridgehead atoms. The first-order chi connectivity index (χ1) is 4.84. The van der Waals surface area contributed by atoms with Crippen LogP contribution in [0.1, 0.15) is 5.56 Å². The van der Waals surface area contributed by atoms with Crippen LogP contribution in [0.25, 0.3) is 0 Å². The quantitative estimate of drug-likeness (QED) is 0.608. The van der Waals surface area contributed by atoms with Crippen molar-refractivity contribution >= 4 is 12.1 Å². The van der Waals surface area contributed by atoms with Gasteiger partial charge in [-0.15, -0.1) is 0 Å². The highest BCUT2D eigenvalue weighted by molar-refractivity contribution is 5.72. The Morgan fingerprint density at radius 2 is 2.50 bits per heavy atom. The molecule has 0 heterocycles. The molecule has 0 aliphatic carbocycles. The monoisotopic (exact) mass is 134 g/mol. The minimum atomic E-state index is 0.652. The normalized spacial score (nSPS) is 8.90. The second-order valence-electron chi connectivity index (χ2n) is 1.99. The summed E-state index contributed by atoms with van der Waals surface area (Å²) in [6.45, 7) is 1.92. The first-order valence-corrected chi connectivity index (χ1v) is 3.02. The second-order valence-corrected chi connectivity index (χ2v) is 1.99. The van der Waals surface area contributed by atoms with Gasteiger partial charge in [0.05, 0.1) is 5.69 Å². The van der Waals surface area contributed by atoms with Gasteiger partial charge in [0.1, 0.15) is 0 Å². The number of amides is 1. The molecule has 0 saturated heterocycles. The van der Waals surface area contributed by atoms with Gasteiger partial charge >= 0.3 is 0 Å². The molecular weight excluding hydrogens is 126 g/mol. The molecular formula is C8H8NO. The number of nitrogens with one attached hydrogen (secondary N) is 1. The van der Waals surface area contributed by atoms with Gasteiger partial charge in [0, 0.05) is 6.07 Å². The van der Waals surface area contributed by atoms with E-state index in [2.05, 4.69) is 11.4 Å². The van der Waals surface area contributed by atoms with E-state index in [4.69, 9.17) is 0 Å². The van der Waals surface area contributed by atoms with Gasteiger partial charge in [-0.1, -0.05) is 18.2 Å². The molecule has 0 spiro atoms. The fourth-order valence-corrected chi connectivity index (χ4v) is 0.735. The first-order valence-electron chi connectivity index (χ1n) is 3.02. The van der Waals surface area contributed by atoms with Gasteiger partial charge in [0.25, 0.3) is 0 Å². The van der Waals surface area contributed by atoms with Crippen LogP contribution in [0.5, 0.6) is 0 Å². The van der Waals surface area contributed by atoms with Gasteiger partial charge in [-0.25, -0.2) is 0 Å². The third kappa shape index (κ3) is 1.35. The average Bonchev–Trinajstić information content (AvgIpc) is 1.94. The van der Waals surface area contributed by atoms with E-state index in [0.717, 1.165) is 11.3 Å². The second kappa shape index (κ2) is 3.01. The summed E-state index contributed by atoms with van der Waals surface area (Å²) >= 11 is 0. The molecule has 0 aliphatic heterocycles. The summed E-state index contributed by atoms with van der Waals surface area (Å²) in [5.41, 5.74) is 1.77. The van der Waals surface area contributed by atoms with Gasteiger partial charge in [0.2, 0.25) is 6.41 Å². The molecule has 1 N–H and O–H groups in total. The molecule has 1 amide bonds. The summed E-state index contributed by atoms with van der Waals surface area (Å²) in [4.78, 5) is 10.00. The maximum atomic E-state index is 10.00. The van der Waals surface area contributed by atoms with Crippen molar-refractivity contribution in [2.24, 2.45) is 0 Å². The number of anilines is 1. The largest absolute Gasteiger partial charge is 0.328 e. The Bertz CT molecular complexity index is 232. The standard InChI is InChI=1S/C8H8NO/c1-7-4-2-3-5-8(7)9-6-10/h2-4,6H,1H3,(H,9,10). The minimum absolute atomic E-state index is 0.652. The molecule has 10 heavy (non-hydrogen) atoms. The molecule has 0 unspecified atom stereocenters. The summed E-state index contributed by atoms with van der Waals surface area (Å²) in [6, 6.07) is 8.46. The van der Waals surface area contributed by atoms with Crippen LogP contribution in [0, 0.1) is 13.0 Å². The third-order valence-electron chi connectivity index (χ3n) is 1.27. The fraction of sp³-hybridized carbons (Fsp3) is 0.125. The van der Waals surface area contributed by atoms with Gasteiger partial charge in [-0.05, 0) is 12.5 Å². The van der Waals surface area contributed by atoms with Crippen molar-refractivity contribution < 1.29 is 4.79 Å². The predicted molar refractivity (Wildman–Crippen MR) is 39.7 cm³/mol. The highest BCUT2D eigenvalue weighted by Crippen LogP contribution is 2.10. The zero-order valence-electron chi connectivity index (χ0n) is 5.72. The van der Waals surface area contributed by atoms with Crippen LogP contribution in [0.4, 0.5) is 5.69 Å². The Morgan fingerprint density at radius 3 is 3.10 bits per heavy atom. The van der Waals surface area contributed by atoms with Gasteiger partial charge in [-0.3, -0.25) is 4.79 Å². The van der Waals surface area contributed by atoms with Crippen molar-refractivity contribution in [1.82, 2.24) is 0 Å². The molecule has 2 nitrogen and oxygen atoms in total. The Hall–Kier alpha value is -1.31. The smallest absolute Gasteiger partial charge is 0.211 e. The summed E-state index contributed by atoms with van der Waals surface area (Å²) in [6.07, 6.45) is 0.652. The number of carbonyl (C=O) groups excluding carboxylic acids is 1. The predicted octanol–water partition coefficient (Wildman–Crippen LogP) is 1.36. The van der Waals surface area contributed by atoms with Gasteiger partial charge < -0.3 is 5.32 Å². The summed E-state index contributed by atoms with van der Waals surface area (Å²) in [5, 5.41) is 2.54. The zero-order valence-corrected chi connectivity index (χ0v) is 5.72. The molecule has 0 atom stereocenters. The molecule has 1 aromatic carbocycles. The lowest BCUT2D eigenvalue weighted by Gasteiger charge is -1.99. The molecule has 1 rings (SSSR count). The molecule has 0 aromatic heterocycles. The van der Waals surface area contributed by atoms with E-state index >= 15 is 0 Å². The van der Waals surface area contributed by atoms with Crippen LogP contribution in [0.2, 0.25) is 0 Å². The van der Waals surface area contributed by atoms with E-state index in [9.17, 15) is 4.79 Å². The number of hydrogen-bond acceptors (Lipinski definition) is 1. The van der Waals surface area contributed by atoms with E-state index in [0.29, 0.717) is 6.41 Å². The average molecular weight is 134 g/mol. The number of rotatable bonds is 2. The Balaban J connectivity index is 2.91. The van der Waals surface area contributed by atoms with Crippen molar-refractivity contribution in [3.63, 3.8) is 0 Å². The Labute approximate surface area is 59.9 Å². The third-order valence-corrected chi connectivity index (χ3v) is 1.27. The lowest BCUT2D eigenvalue weighted by atomic mass is 10.2. The Kier molecular flexibility index (Phi) is 2.05. The van der Waals surface area contributed by atoms with E-state index in [1.54, 1.807) is 6.07 Å². The maximum absolute atomic E-state index is 10.00. The number of para-hydroxylation sites is 1. The molecule has 1 aromatic rings. The number of benzene rings is 1. The molecule has 1 radical (unpaired) electrons. The summed E-state index contributed by atoms with van der Waals surface area (Å²) in [7, 11) is 0. The first kappa shape index (κ1) is 6.81. The van der Waals surface area contributed by atoms with Crippen molar-refractivity contribution in [3.8, 4) is 0 Å². The SMILES string of the molecule is Cc1ccc[c]c1NC=O. The van der Waals surface area contributed by atoms with Gasteiger partial charge in [0.15, 0.2) is 0 Å². The summed E-state index contributed by atoms with van der Waals surface area (Å²) < 4.78 is 0. The molecule has 0 saturated carbocycles. The number of aryl methyl sites for hydroxylation is 1. The van der Waals surface area contributed by atoms with Crippen LogP contribution in [-0.4, -0.2) is 6.41 Å². The minimum Gasteiger partial charge on any atom is -0.328 e. The Morgan fingerprint density at radius 1 is 1.70 bits per heavy atom. The lowest BCUT2D eigenvalue weighted by Crippen LogP contribution is -1.95. The topological polar surface area (TPSA) is 29.1 Å². The number of hydrogen-bond donors (Lipinski definition) is 1. The lowest BCUT2D eigenvalue weighted by molar-refractivity contribution is -0.105. The van der Waals surface area contributed by atoms with Gasteiger partial charge in [-0.2, -0.15) is 0 Å². The number of carbonyl (C=O) groups is 1. The summed E-state index contributed by atoms with van der Waals surface area (Å²) in [5.74, 6) is 0. The van der Waals surface area contributed by atoms with Crippen LogP contribution in [0.3, 0.4) is 0 Å². The highest BCUT2D eigenvalue weighted by atomic mass is 16.1. The molecule has 51 valence electrons. The van der Waals surface area contributed by atoms with Crippen LogP contribution in [0.15, 0.2) is 18.2 Å². The van der Waals surface area contributed by atoms with Crippen LogP contribution in [-0.2, 0) is 4.79 Å². The fourth-order valence-electron chi connectivity index (χ4n) is 0.735. The van der Waals surface area contributed by atoms with Crippen molar-refractivity contribution in [1.29, 1.82) is 0 Å². The van der Waals surface area contributed by atoms with E-state index < -0.39 is 0 Å². The zero-order chi connectivity index (χ0) is 7.40. The molecule has 2 heteroatoms. The van der Waals surface area contributed by atoms with Crippen molar-refractivity contribution in [2.75, 3.05) is 5.32 Å². The highest BCUT2D eigenvalue weighted by Gasteiger charge is 1.91. The molecule has 0 aliphatic rings. The van der Waals surface area contributed by atoms with Crippen LogP contribution < -0.4 is 5.32 Å². The van der Waals surface area contributed by atoms with E-state index in [1.165, 1.54) is 0 Å². The van der Waals surface area contributed by atoms with Crippen molar-refractivity contribution in [2.45, 2.75) is 6.92 Å².